The van der Waals surface area contributed by atoms with Crippen molar-refractivity contribution in [3.05, 3.63) is 35.0 Å². The summed E-state index contributed by atoms with van der Waals surface area (Å²) in [5, 5.41) is 3.67. The van der Waals surface area contributed by atoms with Crippen molar-refractivity contribution in [1.29, 1.82) is 0 Å². The van der Waals surface area contributed by atoms with Gasteiger partial charge in [-0.05, 0) is 29.7 Å². The first-order valence-corrected chi connectivity index (χ1v) is 9.98. The first kappa shape index (κ1) is 18.3. The molecule has 6 nitrogen and oxygen atoms in total. The maximum atomic E-state index is 13.3. The van der Waals surface area contributed by atoms with Crippen LogP contribution in [0, 0.1) is 5.82 Å². The van der Waals surface area contributed by atoms with E-state index >= 15 is 0 Å². The molecular weight excluding hydrogens is 369 g/mol. The van der Waals surface area contributed by atoms with E-state index in [1.54, 1.807) is 12.1 Å². The van der Waals surface area contributed by atoms with Crippen molar-refractivity contribution in [2.24, 2.45) is 0 Å². The maximum Gasteiger partial charge on any atom is 0.261 e. The number of ether oxygens (including phenoxy) is 1. The number of hydrogen-bond donors (Lipinski definition) is 1. The van der Waals surface area contributed by atoms with Gasteiger partial charge in [-0.15, -0.1) is 11.3 Å². The Kier molecular flexibility index (Phi) is 5.38. The van der Waals surface area contributed by atoms with Gasteiger partial charge >= 0.3 is 0 Å². The molecule has 1 aromatic carbocycles. The molecule has 1 unspecified atom stereocenters. The summed E-state index contributed by atoms with van der Waals surface area (Å²) in [5.41, 5.74) is 0. The molecule has 0 spiro atoms. The van der Waals surface area contributed by atoms with Gasteiger partial charge in [-0.2, -0.15) is 0 Å². The number of nitrogens with zero attached hydrogens (tertiary/aromatic N) is 2. The molecule has 2 fully saturated rings. The Hall–Kier alpha value is -2.03. The van der Waals surface area contributed by atoms with Crippen molar-refractivity contribution in [2.45, 2.75) is 12.5 Å². The van der Waals surface area contributed by atoms with Gasteiger partial charge in [-0.3, -0.25) is 14.5 Å². The van der Waals surface area contributed by atoms with Crippen LogP contribution in [-0.2, 0) is 9.53 Å². The van der Waals surface area contributed by atoms with E-state index in [1.807, 2.05) is 4.90 Å². The number of likely N-dealkylation sites (tertiary alicyclic amines) is 1. The number of nitrogens with one attached hydrogen (secondary N) is 1. The van der Waals surface area contributed by atoms with Gasteiger partial charge in [-0.1, -0.05) is 0 Å². The Balaban J connectivity index is 1.32. The topological polar surface area (TPSA) is 61.9 Å². The van der Waals surface area contributed by atoms with E-state index in [0.717, 1.165) is 42.9 Å². The SMILES string of the molecule is O=C(NC1CC(=O)N(CCN2CCOCC2)C1)c1cc2cc(F)ccc2s1. The van der Waals surface area contributed by atoms with Crippen LogP contribution >= 0.6 is 11.3 Å². The van der Waals surface area contributed by atoms with Crippen LogP contribution in [0.25, 0.3) is 10.1 Å². The van der Waals surface area contributed by atoms with Crippen molar-refractivity contribution in [3.8, 4) is 0 Å². The summed E-state index contributed by atoms with van der Waals surface area (Å²) in [6.07, 6.45) is 0.328. The van der Waals surface area contributed by atoms with Crippen molar-refractivity contribution in [1.82, 2.24) is 15.1 Å². The fourth-order valence-electron chi connectivity index (χ4n) is 3.55. The van der Waals surface area contributed by atoms with Crippen molar-refractivity contribution in [2.75, 3.05) is 45.9 Å². The molecule has 2 aromatic rings. The second kappa shape index (κ2) is 7.92. The average molecular weight is 391 g/mol. The molecule has 2 aliphatic heterocycles. The molecule has 0 saturated carbocycles. The summed E-state index contributed by atoms with van der Waals surface area (Å²) >= 11 is 1.33. The number of carbonyl (C=O) groups excluding carboxylic acids is 2. The number of fused-ring (bicyclic) bond motifs is 1. The molecule has 0 bridgehead atoms. The summed E-state index contributed by atoms with van der Waals surface area (Å²) in [7, 11) is 0. The number of amides is 2. The molecule has 1 atom stereocenters. The largest absolute Gasteiger partial charge is 0.379 e. The Morgan fingerprint density at radius 2 is 2.07 bits per heavy atom. The highest BCUT2D eigenvalue weighted by atomic mass is 32.1. The third-order valence-electron chi connectivity index (χ3n) is 5.04. The van der Waals surface area contributed by atoms with E-state index in [4.69, 9.17) is 4.74 Å². The molecule has 2 amide bonds. The number of rotatable bonds is 5. The Bertz CT molecular complexity index is 850. The van der Waals surface area contributed by atoms with Gasteiger partial charge in [0.05, 0.1) is 24.1 Å². The molecule has 144 valence electrons. The molecule has 0 radical (unpaired) electrons. The van der Waals surface area contributed by atoms with Crippen LogP contribution in [0.1, 0.15) is 16.1 Å². The van der Waals surface area contributed by atoms with E-state index < -0.39 is 0 Å². The van der Waals surface area contributed by atoms with E-state index in [2.05, 4.69) is 10.2 Å². The number of carbonyl (C=O) groups is 2. The molecule has 27 heavy (non-hydrogen) atoms. The molecule has 0 aliphatic carbocycles. The van der Waals surface area contributed by atoms with Crippen LogP contribution in [0.4, 0.5) is 4.39 Å². The minimum absolute atomic E-state index is 0.0759. The molecule has 3 heterocycles. The minimum atomic E-state index is -0.315. The third-order valence-corrected chi connectivity index (χ3v) is 6.16. The highest BCUT2D eigenvalue weighted by molar-refractivity contribution is 7.20. The highest BCUT2D eigenvalue weighted by Gasteiger charge is 2.31. The molecular formula is C19H22FN3O3S. The van der Waals surface area contributed by atoms with Gasteiger partial charge in [0.1, 0.15) is 5.82 Å². The van der Waals surface area contributed by atoms with Gasteiger partial charge in [-0.25, -0.2) is 4.39 Å². The lowest BCUT2D eigenvalue weighted by Gasteiger charge is -2.28. The molecule has 8 heteroatoms. The van der Waals surface area contributed by atoms with Crippen molar-refractivity contribution >= 4 is 33.2 Å². The second-order valence-corrected chi connectivity index (χ2v) is 8.04. The van der Waals surface area contributed by atoms with Gasteiger partial charge in [0.2, 0.25) is 5.91 Å². The first-order chi connectivity index (χ1) is 13.1. The van der Waals surface area contributed by atoms with E-state index in [1.165, 1.54) is 23.5 Å². The van der Waals surface area contributed by atoms with Crippen LogP contribution in [0.3, 0.4) is 0 Å². The number of hydrogen-bond acceptors (Lipinski definition) is 5. The van der Waals surface area contributed by atoms with Gasteiger partial charge in [0, 0.05) is 43.8 Å². The standard InChI is InChI=1S/C19H22FN3O3S/c20-14-1-2-16-13(9-14)10-17(27-16)19(25)21-15-11-18(24)23(12-15)4-3-22-5-7-26-8-6-22/h1-2,9-10,15H,3-8,11-12H2,(H,21,25). The van der Waals surface area contributed by atoms with Crippen LogP contribution in [0.2, 0.25) is 0 Å². The first-order valence-electron chi connectivity index (χ1n) is 9.16. The number of halogens is 1. The van der Waals surface area contributed by atoms with Crippen molar-refractivity contribution in [3.63, 3.8) is 0 Å². The third kappa shape index (κ3) is 4.28. The number of benzene rings is 1. The van der Waals surface area contributed by atoms with Crippen LogP contribution < -0.4 is 5.32 Å². The van der Waals surface area contributed by atoms with Gasteiger partial charge in [0.15, 0.2) is 0 Å². The lowest BCUT2D eigenvalue weighted by Crippen LogP contribution is -2.42. The molecule has 2 aliphatic rings. The van der Waals surface area contributed by atoms with Gasteiger partial charge < -0.3 is 15.0 Å². The van der Waals surface area contributed by atoms with Crippen LogP contribution in [0.5, 0.6) is 0 Å². The molecule has 2 saturated heterocycles. The predicted molar refractivity (Wildman–Crippen MR) is 101 cm³/mol. The van der Waals surface area contributed by atoms with Crippen molar-refractivity contribution < 1.29 is 18.7 Å². The van der Waals surface area contributed by atoms with E-state index in [0.29, 0.717) is 24.4 Å². The van der Waals surface area contributed by atoms with E-state index in [-0.39, 0.29) is 23.7 Å². The zero-order chi connectivity index (χ0) is 18.8. The fourth-order valence-corrected chi connectivity index (χ4v) is 4.50. The predicted octanol–water partition coefficient (Wildman–Crippen LogP) is 1.70. The zero-order valence-corrected chi connectivity index (χ0v) is 15.8. The monoisotopic (exact) mass is 391 g/mol. The number of morpholine rings is 1. The Labute approximate surface area is 160 Å². The second-order valence-electron chi connectivity index (χ2n) is 6.96. The number of thiophene rings is 1. The normalized spacial score (nSPS) is 21.1. The lowest BCUT2D eigenvalue weighted by molar-refractivity contribution is -0.128. The summed E-state index contributed by atoms with van der Waals surface area (Å²) in [5.74, 6) is -0.444. The average Bonchev–Trinajstić information content (AvgIpc) is 3.23. The molecule has 1 N–H and O–H groups in total. The quantitative estimate of drug-likeness (QED) is 0.843. The van der Waals surface area contributed by atoms with Gasteiger partial charge in [0.25, 0.3) is 5.91 Å². The molecule has 4 rings (SSSR count). The smallest absolute Gasteiger partial charge is 0.261 e. The fraction of sp³-hybridized carbons (Fsp3) is 0.474. The highest BCUT2D eigenvalue weighted by Crippen LogP contribution is 2.26. The van der Waals surface area contributed by atoms with E-state index in [9.17, 15) is 14.0 Å². The summed E-state index contributed by atoms with van der Waals surface area (Å²) in [6.45, 7) is 5.32. The zero-order valence-electron chi connectivity index (χ0n) is 14.9. The Morgan fingerprint density at radius 3 is 2.89 bits per heavy atom. The summed E-state index contributed by atoms with van der Waals surface area (Å²) in [4.78, 5) is 29.4. The lowest BCUT2D eigenvalue weighted by atomic mass is 10.2. The maximum absolute atomic E-state index is 13.3. The summed E-state index contributed by atoms with van der Waals surface area (Å²) < 4.78 is 19.5. The van der Waals surface area contributed by atoms with Crippen LogP contribution in [-0.4, -0.2) is 73.6 Å². The molecule has 1 aromatic heterocycles. The van der Waals surface area contributed by atoms with Crippen LogP contribution in [0.15, 0.2) is 24.3 Å². The summed E-state index contributed by atoms with van der Waals surface area (Å²) in [6, 6.07) is 6.01. The minimum Gasteiger partial charge on any atom is -0.379 e. The Morgan fingerprint density at radius 1 is 1.26 bits per heavy atom.